The maximum atomic E-state index is 14.1. The molecule has 2 heterocycles. The summed E-state index contributed by atoms with van der Waals surface area (Å²) in [5.74, 6) is -0.360. The van der Waals surface area contributed by atoms with E-state index in [9.17, 15) is 14.4 Å². The van der Waals surface area contributed by atoms with Crippen LogP contribution in [0.5, 0.6) is 0 Å². The molecule has 192 valence electrons. The average molecular weight is 510 g/mol. The summed E-state index contributed by atoms with van der Waals surface area (Å²) >= 11 is 0. The van der Waals surface area contributed by atoms with Gasteiger partial charge in [-0.1, -0.05) is 48.5 Å². The van der Waals surface area contributed by atoms with E-state index in [1.54, 1.807) is 41.3 Å². The first-order valence-electron chi connectivity index (χ1n) is 12.2. The summed E-state index contributed by atoms with van der Waals surface area (Å²) in [5, 5.41) is 13.7. The standard InChI is InChI=1S/C28H27N7O3/c1-19(2)35(21-13-7-4-8-14-21)24(36)17-33-23-16-10-9-15-22(23)25-32-29-18-34(25)26(27(33)37)31-28(38)30-20-11-5-3-6-12-20/h3-16,18-19,26H,17H2,1-2H3,(H2,30,31,38). The van der Waals surface area contributed by atoms with Crippen molar-refractivity contribution in [2.75, 3.05) is 21.7 Å². The van der Waals surface area contributed by atoms with Gasteiger partial charge in [0.05, 0.1) is 5.69 Å². The molecule has 1 aliphatic rings. The van der Waals surface area contributed by atoms with E-state index in [0.717, 1.165) is 5.69 Å². The van der Waals surface area contributed by atoms with Crippen molar-refractivity contribution >= 4 is 34.9 Å². The van der Waals surface area contributed by atoms with Crippen LogP contribution in [0.1, 0.15) is 20.0 Å². The summed E-state index contributed by atoms with van der Waals surface area (Å²) in [6, 6.07) is 24.7. The fourth-order valence-corrected chi connectivity index (χ4v) is 4.55. The maximum absolute atomic E-state index is 14.1. The van der Waals surface area contributed by atoms with Crippen LogP contribution in [0.4, 0.5) is 21.9 Å². The first-order chi connectivity index (χ1) is 18.4. The van der Waals surface area contributed by atoms with Crippen LogP contribution in [0.25, 0.3) is 11.4 Å². The first-order valence-corrected chi connectivity index (χ1v) is 12.2. The first kappa shape index (κ1) is 24.7. The molecule has 0 radical (unpaired) electrons. The van der Waals surface area contributed by atoms with E-state index >= 15 is 0 Å². The van der Waals surface area contributed by atoms with Gasteiger partial charge >= 0.3 is 6.03 Å². The van der Waals surface area contributed by atoms with E-state index in [1.165, 1.54) is 15.8 Å². The zero-order valence-corrected chi connectivity index (χ0v) is 21.0. The highest BCUT2D eigenvalue weighted by Crippen LogP contribution is 2.35. The Morgan fingerprint density at radius 3 is 2.32 bits per heavy atom. The number of anilines is 3. The fourth-order valence-electron chi connectivity index (χ4n) is 4.55. The van der Waals surface area contributed by atoms with E-state index in [-0.39, 0.29) is 18.5 Å². The van der Waals surface area contributed by atoms with Crippen LogP contribution in [0.2, 0.25) is 0 Å². The number of hydrogen-bond acceptors (Lipinski definition) is 5. The molecule has 5 rings (SSSR count). The molecule has 3 aromatic carbocycles. The normalized spacial score (nSPS) is 14.3. The number of hydrogen-bond donors (Lipinski definition) is 2. The molecule has 0 saturated carbocycles. The van der Waals surface area contributed by atoms with Crippen LogP contribution in [-0.4, -0.2) is 45.2 Å². The summed E-state index contributed by atoms with van der Waals surface area (Å²) in [6.45, 7) is 3.60. The predicted octanol–water partition coefficient (Wildman–Crippen LogP) is 4.05. The van der Waals surface area contributed by atoms with Gasteiger partial charge in [-0.2, -0.15) is 0 Å². The number of carbonyl (C=O) groups excluding carboxylic acids is 3. The molecule has 2 N–H and O–H groups in total. The number of carbonyl (C=O) groups is 3. The molecule has 0 aliphatic carbocycles. The lowest BCUT2D eigenvalue weighted by Crippen LogP contribution is -2.50. The molecule has 10 heteroatoms. The zero-order valence-electron chi connectivity index (χ0n) is 21.0. The Morgan fingerprint density at radius 1 is 0.947 bits per heavy atom. The third-order valence-electron chi connectivity index (χ3n) is 6.20. The number of rotatable bonds is 6. The third-order valence-corrected chi connectivity index (χ3v) is 6.20. The molecular formula is C28H27N7O3. The van der Waals surface area contributed by atoms with Crippen molar-refractivity contribution in [3.8, 4) is 11.4 Å². The minimum absolute atomic E-state index is 0.146. The molecule has 10 nitrogen and oxygen atoms in total. The number of nitrogens with one attached hydrogen (secondary N) is 2. The summed E-state index contributed by atoms with van der Waals surface area (Å²) in [5.41, 5.74) is 2.43. The lowest BCUT2D eigenvalue weighted by molar-refractivity contribution is -0.125. The summed E-state index contributed by atoms with van der Waals surface area (Å²) in [4.78, 5) is 43.7. The molecule has 0 fully saturated rings. The number of benzene rings is 3. The van der Waals surface area contributed by atoms with E-state index in [4.69, 9.17) is 0 Å². The largest absolute Gasteiger partial charge is 0.321 e. The van der Waals surface area contributed by atoms with Crippen LogP contribution in [-0.2, 0) is 9.59 Å². The highest BCUT2D eigenvalue weighted by molar-refractivity contribution is 6.08. The van der Waals surface area contributed by atoms with E-state index in [1.807, 2.05) is 62.4 Å². The highest BCUT2D eigenvalue weighted by Gasteiger charge is 2.37. The monoisotopic (exact) mass is 509 g/mol. The van der Waals surface area contributed by atoms with Gasteiger partial charge in [-0.25, -0.2) is 4.79 Å². The van der Waals surface area contributed by atoms with Crippen LogP contribution < -0.4 is 20.4 Å². The van der Waals surface area contributed by atoms with Crippen LogP contribution in [0.15, 0.2) is 91.3 Å². The number of fused-ring (bicyclic) bond motifs is 3. The Kier molecular flexibility index (Phi) is 6.86. The zero-order chi connectivity index (χ0) is 26.6. The van der Waals surface area contributed by atoms with E-state index < -0.39 is 18.1 Å². The quantitative estimate of drug-likeness (QED) is 0.407. The van der Waals surface area contributed by atoms with Crippen LogP contribution in [0, 0.1) is 0 Å². The van der Waals surface area contributed by atoms with Gasteiger partial charge in [0, 0.05) is 23.0 Å². The Morgan fingerprint density at radius 2 is 1.61 bits per heavy atom. The predicted molar refractivity (Wildman–Crippen MR) is 145 cm³/mol. The molecule has 1 aliphatic heterocycles. The van der Waals surface area contributed by atoms with Crippen molar-refractivity contribution in [2.24, 2.45) is 0 Å². The topological polar surface area (TPSA) is 112 Å². The lowest BCUT2D eigenvalue weighted by atomic mass is 10.1. The van der Waals surface area contributed by atoms with Crippen molar-refractivity contribution in [3.05, 3.63) is 91.3 Å². The van der Waals surface area contributed by atoms with Crippen molar-refractivity contribution in [1.82, 2.24) is 20.1 Å². The number of aromatic nitrogens is 3. The molecule has 38 heavy (non-hydrogen) atoms. The van der Waals surface area contributed by atoms with Crippen molar-refractivity contribution in [1.29, 1.82) is 0 Å². The Balaban J connectivity index is 1.50. The molecule has 0 spiro atoms. The molecule has 4 aromatic rings. The Hall–Kier alpha value is -4.99. The number of nitrogens with zero attached hydrogens (tertiary/aromatic N) is 5. The molecular weight excluding hydrogens is 482 g/mol. The molecule has 0 saturated heterocycles. The van der Waals surface area contributed by atoms with Gasteiger partial charge in [-0.05, 0) is 50.2 Å². The van der Waals surface area contributed by atoms with Crippen molar-refractivity contribution in [2.45, 2.75) is 26.1 Å². The number of para-hydroxylation sites is 3. The van der Waals surface area contributed by atoms with Gasteiger partial charge in [0.15, 0.2) is 12.0 Å². The maximum Gasteiger partial charge on any atom is 0.321 e. The van der Waals surface area contributed by atoms with E-state index in [2.05, 4.69) is 20.8 Å². The second-order valence-electron chi connectivity index (χ2n) is 9.06. The SMILES string of the molecule is CC(C)N(C(=O)CN1C(=O)C(NC(=O)Nc2ccccc2)n2cnnc2-c2ccccc21)c1ccccc1. The van der Waals surface area contributed by atoms with Gasteiger partial charge in [0.1, 0.15) is 12.9 Å². The molecule has 4 amide bonds. The van der Waals surface area contributed by atoms with Gasteiger partial charge < -0.3 is 15.5 Å². The Bertz CT molecular complexity index is 1450. The molecule has 1 atom stereocenters. The van der Waals surface area contributed by atoms with Gasteiger partial charge in [-0.3, -0.25) is 19.1 Å². The average Bonchev–Trinajstić information content (AvgIpc) is 3.38. The summed E-state index contributed by atoms with van der Waals surface area (Å²) < 4.78 is 1.51. The van der Waals surface area contributed by atoms with Gasteiger partial charge in [0.25, 0.3) is 5.91 Å². The van der Waals surface area contributed by atoms with Gasteiger partial charge in [-0.15, -0.1) is 10.2 Å². The lowest BCUT2D eigenvalue weighted by Gasteiger charge is -2.31. The summed E-state index contributed by atoms with van der Waals surface area (Å²) in [6.07, 6.45) is 0.209. The minimum atomic E-state index is -1.19. The molecule has 1 aromatic heterocycles. The highest BCUT2D eigenvalue weighted by atomic mass is 16.2. The van der Waals surface area contributed by atoms with Crippen LogP contribution in [0.3, 0.4) is 0 Å². The second kappa shape index (κ2) is 10.6. The second-order valence-corrected chi connectivity index (χ2v) is 9.06. The van der Waals surface area contributed by atoms with E-state index in [0.29, 0.717) is 22.8 Å². The number of amides is 4. The minimum Gasteiger partial charge on any atom is -0.309 e. The van der Waals surface area contributed by atoms with Crippen molar-refractivity contribution in [3.63, 3.8) is 0 Å². The smallest absolute Gasteiger partial charge is 0.309 e. The van der Waals surface area contributed by atoms with Crippen molar-refractivity contribution < 1.29 is 14.4 Å². The fraction of sp³-hybridized carbons (Fsp3) is 0.179. The Labute approximate surface area is 219 Å². The number of urea groups is 1. The summed E-state index contributed by atoms with van der Waals surface area (Å²) in [7, 11) is 0. The van der Waals surface area contributed by atoms with Gasteiger partial charge in [0.2, 0.25) is 5.91 Å². The third kappa shape index (κ3) is 4.83. The molecule has 1 unspecified atom stereocenters. The van der Waals surface area contributed by atoms with Crippen LogP contribution >= 0.6 is 0 Å². The molecule has 0 bridgehead atoms.